The zero-order chi connectivity index (χ0) is 25.8. The first-order chi connectivity index (χ1) is 17.2. The van der Waals surface area contributed by atoms with Gasteiger partial charge in [0.2, 0.25) is 5.91 Å². The van der Waals surface area contributed by atoms with Gasteiger partial charge in [-0.2, -0.15) is 0 Å². The van der Waals surface area contributed by atoms with Gasteiger partial charge in [0.15, 0.2) is 0 Å². The first-order valence-electron chi connectivity index (χ1n) is 11.4. The average molecular weight is 635 g/mol. The van der Waals surface area contributed by atoms with Crippen molar-refractivity contribution < 1.29 is 9.59 Å². The van der Waals surface area contributed by atoms with Crippen LogP contribution in [0.2, 0.25) is 10.0 Å². The number of hydrogen-bond acceptors (Lipinski definition) is 3. The Kier molecular flexibility index (Phi) is 8.54. The molecule has 0 saturated carbocycles. The van der Waals surface area contributed by atoms with Crippen molar-refractivity contribution in [2.24, 2.45) is 4.99 Å². The Labute approximate surface area is 234 Å². The van der Waals surface area contributed by atoms with Gasteiger partial charge in [0.1, 0.15) is 11.9 Å². The molecule has 0 saturated heterocycles. The molecule has 1 aliphatic heterocycles. The van der Waals surface area contributed by atoms with Gasteiger partial charge in [-0.1, -0.05) is 47.5 Å². The number of nitrogens with zero attached hydrogens (tertiary/aromatic N) is 2. The lowest BCUT2D eigenvalue weighted by Crippen LogP contribution is -2.41. The van der Waals surface area contributed by atoms with Gasteiger partial charge >= 0.3 is 0 Å². The standard InChI is InChI=1S/C27H25Cl2IN4O2/c1-16(18-3-7-20(28)8-4-18)34-25(19-5-9-21(29)10-6-19)26(32-14-13-31-17(2)35)33-24-12-11-22(30)15-23(24)27(34)36/h3-12,15-16,25H,13-14H2,1-2H3,(H,31,35)(H,32,33)/t16-,25+/m1/s1. The van der Waals surface area contributed by atoms with Crippen LogP contribution in [0.25, 0.3) is 0 Å². The maximum Gasteiger partial charge on any atom is 0.257 e. The van der Waals surface area contributed by atoms with Gasteiger partial charge in [0.25, 0.3) is 5.91 Å². The summed E-state index contributed by atoms with van der Waals surface area (Å²) in [7, 11) is 0. The van der Waals surface area contributed by atoms with Crippen LogP contribution in [0.3, 0.4) is 0 Å². The Hall–Kier alpha value is -2.62. The van der Waals surface area contributed by atoms with Crippen LogP contribution in [0.5, 0.6) is 0 Å². The van der Waals surface area contributed by atoms with E-state index in [1.165, 1.54) is 6.92 Å². The maximum atomic E-state index is 14.2. The average Bonchev–Trinajstić information content (AvgIpc) is 2.96. The van der Waals surface area contributed by atoms with Crippen molar-refractivity contribution in [2.75, 3.05) is 18.4 Å². The van der Waals surface area contributed by atoms with E-state index in [1.807, 2.05) is 78.6 Å². The van der Waals surface area contributed by atoms with Crippen LogP contribution in [0.1, 0.15) is 47.4 Å². The van der Waals surface area contributed by atoms with Gasteiger partial charge in [0, 0.05) is 27.1 Å². The van der Waals surface area contributed by atoms with Crippen molar-refractivity contribution in [2.45, 2.75) is 25.9 Å². The van der Waals surface area contributed by atoms with Crippen molar-refractivity contribution in [1.29, 1.82) is 0 Å². The second kappa shape index (κ2) is 11.6. The van der Waals surface area contributed by atoms with Crippen molar-refractivity contribution >= 4 is 69.1 Å². The molecule has 0 radical (unpaired) electrons. The highest BCUT2D eigenvalue weighted by Crippen LogP contribution is 2.38. The molecule has 0 unspecified atom stereocenters. The molecule has 3 aromatic carbocycles. The van der Waals surface area contributed by atoms with Crippen molar-refractivity contribution in [3.05, 3.63) is 97.0 Å². The van der Waals surface area contributed by atoms with E-state index in [4.69, 9.17) is 28.2 Å². The van der Waals surface area contributed by atoms with E-state index in [0.29, 0.717) is 40.2 Å². The zero-order valence-corrected chi connectivity index (χ0v) is 23.4. The van der Waals surface area contributed by atoms with Gasteiger partial charge in [-0.3, -0.25) is 14.6 Å². The summed E-state index contributed by atoms with van der Waals surface area (Å²) in [6.45, 7) is 4.20. The zero-order valence-electron chi connectivity index (χ0n) is 19.8. The maximum absolute atomic E-state index is 14.2. The molecule has 6 nitrogen and oxygen atoms in total. The fourth-order valence-corrected chi connectivity index (χ4v) is 4.94. The summed E-state index contributed by atoms with van der Waals surface area (Å²) in [6, 6.07) is 19.8. The predicted molar refractivity (Wildman–Crippen MR) is 154 cm³/mol. The molecule has 0 spiro atoms. The number of carbonyl (C=O) groups is 2. The van der Waals surface area contributed by atoms with Crippen LogP contribution >= 0.6 is 45.8 Å². The minimum absolute atomic E-state index is 0.119. The Morgan fingerprint density at radius 2 is 1.72 bits per heavy atom. The van der Waals surface area contributed by atoms with E-state index < -0.39 is 6.04 Å². The first kappa shape index (κ1) is 26.4. The molecular formula is C27H25Cl2IN4O2. The highest BCUT2D eigenvalue weighted by Gasteiger charge is 2.38. The molecule has 1 heterocycles. The predicted octanol–water partition coefficient (Wildman–Crippen LogP) is 6.50. The Balaban J connectivity index is 1.88. The number of anilines is 1. The quantitative estimate of drug-likeness (QED) is 0.240. The molecule has 0 aliphatic carbocycles. The lowest BCUT2D eigenvalue weighted by atomic mass is 9.98. The van der Waals surface area contributed by atoms with Gasteiger partial charge in [0.05, 0.1) is 23.8 Å². The molecule has 2 N–H and O–H groups in total. The number of halogens is 3. The number of hydrogen-bond donors (Lipinski definition) is 2. The number of rotatable bonds is 6. The van der Waals surface area contributed by atoms with E-state index in [-0.39, 0.29) is 17.9 Å². The largest absolute Gasteiger partial charge is 0.354 e. The highest BCUT2D eigenvalue weighted by molar-refractivity contribution is 14.1. The highest BCUT2D eigenvalue weighted by atomic mass is 127. The van der Waals surface area contributed by atoms with E-state index in [9.17, 15) is 9.59 Å². The van der Waals surface area contributed by atoms with Crippen LogP contribution < -0.4 is 10.6 Å². The molecule has 3 aromatic rings. The topological polar surface area (TPSA) is 73.8 Å². The summed E-state index contributed by atoms with van der Waals surface area (Å²) in [4.78, 5) is 32.3. The van der Waals surface area contributed by atoms with Crippen LogP contribution in [0.4, 0.5) is 5.69 Å². The van der Waals surface area contributed by atoms with Crippen LogP contribution in [0, 0.1) is 3.57 Å². The third kappa shape index (κ3) is 6.02. The van der Waals surface area contributed by atoms with Gasteiger partial charge in [-0.05, 0) is 83.1 Å². The summed E-state index contributed by atoms with van der Waals surface area (Å²) < 4.78 is 0.953. The fraction of sp³-hybridized carbons (Fsp3) is 0.222. The van der Waals surface area contributed by atoms with Crippen LogP contribution in [-0.4, -0.2) is 35.6 Å². The third-order valence-electron chi connectivity index (χ3n) is 5.97. The molecule has 2 amide bonds. The summed E-state index contributed by atoms with van der Waals surface area (Å²) >= 11 is 14.6. The molecule has 36 heavy (non-hydrogen) atoms. The molecule has 4 rings (SSSR count). The summed E-state index contributed by atoms with van der Waals surface area (Å²) in [5.74, 6) is 0.369. The van der Waals surface area contributed by atoms with Crippen LogP contribution in [-0.2, 0) is 4.79 Å². The number of amides is 2. The minimum Gasteiger partial charge on any atom is -0.354 e. The lowest BCUT2D eigenvalue weighted by molar-refractivity contribution is -0.118. The number of fused-ring (bicyclic) bond motifs is 1. The van der Waals surface area contributed by atoms with Crippen LogP contribution in [0.15, 0.2) is 71.7 Å². The monoisotopic (exact) mass is 634 g/mol. The second-order valence-corrected chi connectivity index (χ2v) is 10.6. The molecule has 2 atom stereocenters. The number of aliphatic imine (C=N–C) groups is 1. The SMILES string of the molecule is CC(=O)NCCN=C1Nc2ccc(I)cc2C(=O)N([C@H](C)c2ccc(Cl)cc2)[C@H]1c1ccc(Cl)cc1. The molecule has 0 bridgehead atoms. The van der Waals surface area contributed by atoms with Crippen molar-refractivity contribution in [3.63, 3.8) is 0 Å². The normalized spacial score (nSPS) is 17.2. The summed E-state index contributed by atoms with van der Waals surface area (Å²) in [5, 5.41) is 7.44. The number of benzene rings is 3. The fourth-order valence-electron chi connectivity index (χ4n) is 4.20. The van der Waals surface area contributed by atoms with E-state index in [1.54, 1.807) is 0 Å². The van der Waals surface area contributed by atoms with Crippen molar-refractivity contribution in [3.8, 4) is 0 Å². The molecular weight excluding hydrogens is 610 g/mol. The Bertz CT molecular complexity index is 1300. The Morgan fingerprint density at radius 1 is 1.08 bits per heavy atom. The molecule has 0 fully saturated rings. The van der Waals surface area contributed by atoms with E-state index >= 15 is 0 Å². The van der Waals surface area contributed by atoms with Gasteiger partial charge in [-0.15, -0.1) is 0 Å². The van der Waals surface area contributed by atoms with E-state index in [0.717, 1.165) is 14.7 Å². The second-order valence-electron chi connectivity index (χ2n) is 8.46. The molecule has 9 heteroatoms. The Morgan fingerprint density at radius 3 is 2.36 bits per heavy atom. The van der Waals surface area contributed by atoms with Gasteiger partial charge in [-0.25, -0.2) is 0 Å². The molecule has 0 aromatic heterocycles. The molecule has 186 valence electrons. The lowest BCUT2D eigenvalue weighted by Gasteiger charge is -2.36. The number of amidine groups is 1. The number of nitrogens with one attached hydrogen (secondary N) is 2. The smallest absolute Gasteiger partial charge is 0.257 e. The summed E-state index contributed by atoms with van der Waals surface area (Å²) in [6.07, 6.45) is 0. The van der Waals surface area contributed by atoms with Crippen molar-refractivity contribution in [1.82, 2.24) is 10.2 Å². The molecule has 1 aliphatic rings. The summed E-state index contributed by atoms with van der Waals surface area (Å²) in [5.41, 5.74) is 3.05. The van der Waals surface area contributed by atoms with Gasteiger partial charge < -0.3 is 15.5 Å². The minimum atomic E-state index is -0.525. The first-order valence-corrected chi connectivity index (χ1v) is 13.3. The van der Waals surface area contributed by atoms with E-state index in [2.05, 4.69) is 33.2 Å². The third-order valence-corrected chi connectivity index (χ3v) is 7.14. The number of carbonyl (C=O) groups excluding carboxylic acids is 2.